The first-order valence-corrected chi connectivity index (χ1v) is 12.4. The molecule has 5 nitrogen and oxygen atoms in total. The normalized spacial score (nSPS) is 11.0. The number of pyridine rings is 1. The van der Waals surface area contributed by atoms with Crippen LogP contribution in [-0.2, 0) is 4.74 Å². The largest absolute Gasteiger partial charge is 0.465 e. The van der Waals surface area contributed by atoms with Gasteiger partial charge in [-0.15, -0.1) is 5.54 Å². The van der Waals surface area contributed by atoms with Crippen molar-refractivity contribution in [3.63, 3.8) is 0 Å². The molecule has 142 valence electrons. The molecular weight excluding hydrogens is 368 g/mol. The van der Waals surface area contributed by atoms with Crippen LogP contribution in [0.5, 0.6) is 0 Å². The summed E-state index contributed by atoms with van der Waals surface area (Å²) in [5.41, 5.74) is 11.0. The molecule has 6 heteroatoms. The van der Waals surface area contributed by atoms with Gasteiger partial charge < -0.3 is 10.5 Å². The number of carbonyl (C=O) groups excluding carboxylic acids is 1. The lowest BCUT2D eigenvalue weighted by molar-refractivity contribution is 0.0600. The minimum absolute atomic E-state index is 0.115. The Morgan fingerprint density at radius 3 is 2.39 bits per heavy atom. The Balaban J connectivity index is 2.42. The minimum Gasteiger partial charge on any atom is -0.465 e. The Bertz CT molecular complexity index is 1180. The molecular formula is C22H22N2O3Si. The Morgan fingerprint density at radius 1 is 1.11 bits per heavy atom. The Morgan fingerprint density at radius 2 is 1.79 bits per heavy atom. The van der Waals surface area contributed by atoms with Crippen LogP contribution in [0, 0.1) is 11.5 Å². The van der Waals surface area contributed by atoms with Gasteiger partial charge in [-0.3, -0.25) is 9.36 Å². The van der Waals surface area contributed by atoms with E-state index >= 15 is 0 Å². The molecule has 0 aliphatic rings. The molecule has 28 heavy (non-hydrogen) atoms. The second-order valence-electron chi connectivity index (χ2n) is 7.49. The van der Waals surface area contributed by atoms with Crippen LogP contribution in [0.1, 0.15) is 15.9 Å². The highest BCUT2D eigenvalue weighted by molar-refractivity contribution is 6.83. The number of nitrogens with two attached hydrogens (primary N) is 1. The topological polar surface area (TPSA) is 74.3 Å². The highest BCUT2D eigenvalue weighted by Crippen LogP contribution is 2.26. The summed E-state index contributed by atoms with van der Waals surface area (Å²) < 4.78 is 6.27. The second-order valence-corrected chi connectivity index (χ2v) is 12.2. The third kappa shape index (κ3) is 3.71. The highest BCUT2D eigenvalue weighted by Gasteiger charge is 2.22. The van der Waals surface area contributed by atoms with Crippen molar-refractivity contribution in [3.05, 3.63) is 70.0 Å². The van der Waals surface area contributed by atoms with Gasteiger partial charge in [-0.2, -0.15) is 0 Å². The molecule has 2 aromatic carbocycles. The van der Waals surface area contributed by atoms with Crippen LogP contribution in [0.3, 0.4) is 0 Å². The quantitative estimate of drug-likeness (QED) is 0.412. The molecule has 0 unspecified atom stereocenters. The van der Waals surface area contributed by atoms with Crippen LogP contribution < -0.4 is 11.3 Å². The number of para-hydroxylation sites is 1. The molecule has 0 amide bonds. The number of nitrogen functional groups attached to an aromatic ring is 1. The number of ether oxygens (including phenoxy) is 1. The fourth-order valence-corrected chi connectivity index (χ4v) is 3.40. The fraction of sp³-hybridized carbons (Fsp3) is 0.182. The average molecular weight is 391 g/mol. The second kappa shape index (κ2) is 7.37. The van der Waals surface area contributed by atoms with Crippen molar-refractivity contribution < 1.29 is 9.53 Å². The predicted octanol–water partition coefficient (Wildman–Crippen LogP) is 3.59. The molecule has 0 bridgehead atoms. The van der Waals surface area contributed by atoms with Gasteiger partial charge in [-0.05, 0) is 30.3 Å². The summed E-state index contributed by atoms with van der Waals surface area (Å²) in [6, 6.07) is 14.6. The molecule has 3 aromatic rings. The van der Waals surface area contributed by atoms with Gasteiger partial charge in [0, 0.05) is 16.6 Å². The van der Waals surface area contributed by atoms with Gasteiger partial charge in [-0.1, -0.05) is 43.8 Å². The van der Waals surface area contributed by atoms with E-state index in [0.29, 0.717) is 16.6 Å². The predicted molar refractivity (Wildman–Crippen MR) is 116 cm³/mol. The van der Waals surface area contributed by atoms with E-state index in [-0.39, 0.29) is 11.3 Å². The summed E-state index contributed by atoms with van der Waals surface area (Å²) in [6.45, 7) is 6.50. The van der Waals surface area contributed by atoms with E-state index in [1.165, 1.54) is 11.7 Å². The molecule has 0 spiro atoms. The first kappa shape index (κ1) is 19.5. The molecule has 3 rings (SSSR count). The van der Waals surface area contributed by atoms with E-state index in [2.05, 4.69) is 31.1 Å². The highest BCUT2D eigenvalue weighted by atomic mass is 28.3. The number of nitrogens with zero attached hydrogens (tertiary/aromatic N) is 1. The van der Waals surface area contributed by atoms with Crippen LogP contribution in [0.4, 0.5) is 5.69 Å². The molecule has 0 saturated heterocycles. The zero-order valence-electron chi connectivity index (χ0n) is 16.4. The van der Waals surface area contributed by atoms with Gasteiger partial charge >= 0.3 is 5.97 Å². The maximum Gasteiger partial charge on any atom is 0.345 e. The Hall–Kier alpha value is -3.30. The van der Waals surface area contributed by atoms with Crippen LogP contribution in [0.25, 0.3) is 16.6 Å². The molecule has 1 heterocycles. The first-order valence-electron chi connectivity index (χ1n) is 8.88. The van der Waals surface area contributed by atoms with Crippen LogP contribution >= 0.6 is 0 Å². The lowest BCUT2D eigenvalue weighted by atomic mass is 10.1. The number of esters is 1. The zero-order chi connectivity index (χ0) is 20.5. The van der Waals surface area contributed by atoms with Gasteiger partial charge in [0.05, 0.1) is 18.3 Å². The van der Waals surface area contributed by atoms with E-state index in [0.717, 1.165) is 5.56 Å². The number of methoxy groups -OCH3 is 1. The summed E-state index contributed by atoms with van der Waals surface area (Å²) in [7, 11) is -0.322. The van der Waals surface area contributed by atoms with Crippen LogP contribution in [0.2, 0.25) is 19.6 Å². The SMILES string of the molecule is COC(=O)c1c(N)c2ccc(C#C[Si](C)(C)C)cc2n(-c2ccccc2)c1=O. The average Bonchev–Trinajstić information content (AvgIpc) is 2.66. The van der Waals surface area contributed by atoms with E-state index in [1.54, 1.807) is 18.2 Å². The molecule has 0 saturated carbocycles. The van der Waals surface area contributed by atoms with Crippen molar-refractivity contribution in [1.29, 1.82) is 0 Å². The Labute approximate surface area is 164 Å². The molecule has 0 radical (unpaired) electrons. The number of hydrogen-bond acceptors (Lipinski definition) is 4. The molecule has 2 N–H and O–H groups in total. The standard InChI is InChI=1S/C22H22N2O3Si/c1-27-22(26)19-20(23)17-11-10-15(12-13-28(2,3)4)14-18(17)24(21(19)25)16-8-6-5-7-9-16/h5-11,14H,23H2,1-4H3. The van der Waals surface area contributed by atoms with Gasteiger partial charge in [-0.25, -0.2) is 4.79 Å². The van der Waals surface area contributed by atoms with Crippen molar-refractivity contribution in [2.24, 2.45) is 0 Å². The number of benzene rings is 2. The smallest absolute Gasteiger partial charge is 0.345 e. The summed E-state index contributed by atoms with van der Waals surface area (Å²) >= 11 is 0. The van der Waals surface area contributed by atoms with E-state index in [9.17, 15) is 9.59 Å². The molecule has 0 aliphatic heterocycles. The first-order chi connectivity index (χ1) is 13.2. The number of rotatable bonds is 2. The van der Waals surface area contributed by atoms with Gasteiger partial charge in [0.1, 0.15) is 13.6 Å². The molecule has 0 atom stereocenters. The van der Waals surface area contributed by atoms with Crippen molar-refractivity contribution in [1.82, 2.24) is 4.57 Å². The number of carbonyl (C=O) groups is 1. The summed E-state index contributed by atoms with van der Waals surface area (Å²) in [5, 5.41) is 0.599. The van der Waals surface area contributed by atoms with E-state index < -0.39 is 19.6 Å². The summed E-state index contributed by atoms with van der Waals surface area (Å²) in [5.74, 6) is 2.45. The van der Waals surface area contributed by atoms with Crippen molar-refractivity contribution >= 4 is 30.6 Å². The van der Waals surface area contributed by atoms with Crippen molar-refractivity contribution in [2.45, 2.75) is 19.6 Å². The number of fused-ring (bicyclic) bond motifs is 1. The monoisotopic (exact) mass is 390 g/mol. The number of hydrogen-bond donors (Lipinski definition) is 1. The fourth-order valence-electron chi connectivity index (χ4n) is 2.89. The lowest BCUT2D eigenvalue weighted by Crippen LogP contribution is -2.28. The maximum absolute atomic E-state index is 13.2. The van der Waals surface area contributed by atoms with E-state index in [1.807, 2.05) is 30.3 Å². The molecule has 0 aliphatic carbocycles. The van der Waals surface area contributed by atoms with Gasteiger partial charge in [0.25, 0.3) is 5.56 Å². The number of aromatic nitrogens is 1. The maximum atomic E-state index is 13.2. The van der Waals surface area contributed by atoms with E-state index in [4.69, 9.17) is 10.5 Å². The number of anilines is 1. The van der Waals surface area contributed by atoms with Gasteiger partial charge in [0.15, 0.2) is 0 Å². The summed E-state index contributed by atoms with van der Waals surface area (Å²) in [4.78, 5) is 25.4. The van der Waals surface area contributed by atoms with Crippen LogP contribution in [0.15, 0.2) is 53.3 Å². The molecule has 1 aromatic heterocycles. The third-order valence-electron chi connectivity index (χ3n) is 4.20. The zero-order valence-corrected chi connectivity index (χ0v) is 17.4. The minimum atomic E-state index is -1.55. The lowest BCUT2D eigenvalue weighted by Gasteiger charge is -2.15. The summed E-state index contributed by atoms with van der Waals surface area (Å²) in [6.07, 6.45) is 0. The van der Waals surface area contributed by atoms with Crippen LogP contribution in [-0.4, -0.2) is 25.7 Å². The molecule has 0 fully saturated rings. The Kier molecular flexibility index (Phi) is 5.12. The van der Waals surface area contributed by atoms with Crippen molar-refractivity contribution in [2.75, 3.05) is 12.8 Å². The third-order valence-corrected chi connectivity index (χ3v) is 5.08. The van der Waals surface area contributed by atoms with Gasteiger partial charge in [0.2, 0.25) is 0 Å². The van der Waals surface area contributed by atoms with Crippen molar-refractivity contribution in [3.8, 4) is 17.2 Å².